The number of carbonyl (C=O) groups is 1. The van der Waals surface area contributed by atoms with Gasteiger partial charge in [0, 0.05) is 12.1 Å². The van der Waals surface area contributed by atoms with Gasteiger partial charge < -0.3 is 10.1 Å². The number of hydrogen-bond donors (Lipinski definition) is 1. The quantitative estimate of drug-likeness (QED) is 0.634. The van der Waals surface area contributed by atoms with E-state index in [0.29, 0.717) is 0 Å². The molecule has 6 heteroatoms. The first-order valence-corrected chi connectivity index (χ1v) is 5.25. The van der Waals surface area contributed by atoms with Crippen molar-refractivity contribution in [2.24, 2.45) is 0 Å². The van der Waals surface area contributed by atoms with Crippen LogP contribution < -0.4 is 10.1 Å². The third-order valence-electron chi connectivity index (χ3n) is 2.56. The first-order valence-electron chi connectivity index (χ1n) is 5.25. The third-order valence-corrected chi connectivity index (χ3v) is 2.56. The maximum atomic E-state index is 11.9. The molecule has 0 bridgehead atoms. The van der Waals surface area contributed by atoms with Crippen LogP contribution in [0.2, 0.25) is 0 Å². The first kappa shape index (κ1) is 11.4. The van der Waals surface area contributed by atoms with Crippen LogP contribution in [0.4, 0.5) is 5.69 Å². The minimum absolute atomic E-state index is 0.00750. The van der Waals surface area contributed by atoms with Crippen LogP contribution in [0.25, 0.3) is 0 Å². The Kier molecular flexibility index (Phi) is 2.95. The van der Waals surface area contributed by atoms with Crippen molar-refractivity contribution in [1.82, 2.24) is 5.32 Å². The Morgan fingerprint density at radius 1 is 1.53 bits per heavy atom. The number of benzene rings is 1. The van der Waals surface area contributed by atoms with Crippen molar-refractivity contribution in [3.63, 3.8) is 0 Å². The van der Waals surface area contributed by atoms with Gasteiger partial charge in [-0.2, -0.15) is 0 Å². The number of rotatable bonds is 4. The fraction of sp³-hybridized carbons (Fsp3) is 0.364. The lowest BCUT2D eigenvalue weighted by Gasteiger charge is -2.08. The number of methoxy groups -OCH3 is 1. The van der Waals surface area contributed by atoms with Gasteiger partial charge in [0.25, 0.3) is 11.6 Å². The second-order valence-electron chi connectivity index (χ2n) is 3.86. The molecule has 0 saturated heterocycles. The standard InChI is InChI=1S/C11H12N2O4/c1-17-9-4-2-3-8(13(15)16)10(9)11(14)12-7-5-6-7/h2-4,7H,5-6H2,1H3,(H,12,14). The van der Waals surface area contributed by atoms with E-state index in [1.54, 1.807) is 0 Å². The van der Waals surface area contributed by atoms with Gasteiger partial charge in [0.1, 0.15) is 5.75 Å². The topological polar surface area (TPSA) is 81.5 Å². The van der Waals surface area contributed by atoms with Gasteiger partial charge in [0.05, 0.1) is 12.0 Å². The molecular formula is C11H12N2O4. The van der Waals surface area contributed by atoms with E-state index in [2.05, 4.69) is 5.32 Å². The van der Waals surface area contributed by atoms with E-state index in [-0.39, 0.29) is 23.0 Å². The molecule has 0 atom stereocenters. The molecule has 17 heavy (non-hydrogen) atoms. The lowest BCUT2D eigenvalue weighted by atomic mass is 10.1. The smallest absolute Gasteiger partial charge is 0.285 e. The van der Waals surface area contributed by atoms with Crippen molar-refractivity contribution >= 4 is 11.6 Å². The van der Waals surface area contributed by atoms with E-state index in [1.807, 2.05) is 0 Å². The van der Waals surface area contributed by atoms with Crippen LogP contribution in [-0.4, -0.2) is 24.0 Å². The van der Waals surface area contributed by atoms with Gasteiger partial charge in [-0.15, -0.1) is 0 Å². The highest BCUT2D eigenvalue weighted by atomic mass is 16.6. The molecule has 0 heterocycles. The van der Waals surface area contributed by atoms with Crippen LogP contribution in [0, 0.1) is 10.1 Å². The van der Waals surface area contributed by atoms with Crippen LogP contribution in [0.15, 0.2) is 18.2 Å². The number of nitrogens with zero attached hydrogens (tertiary/aromatic N) is 1. The number of nitro groups is 1. The van der Waals surface area contributed by atoms with E-state index < -0.39 is 10.8 Å². The van der Waals surface area contributed by atoms with Crippen molar-refractivity contribution < 1.29 is 14.5 Å². The SMILES string of the molecule is COc1cccc([N+](=O)[O-])c1C(=O)NC1CC1. The van der Waals surface area contributed by atoms with Gasteiger partial charge in [-0.25, -0.2) is 0 Å². The lowest BCUT2D eigenvalue weighted by molar-refractivity contribution is -0.385. The monoisotopic (exact) mass is 236 g/mol. The van der Waals surface area contributed by atoms with Crippen LogP contribution in [0.5, 0.6) is 5.75 Å². The second kappa shape index (κ2) is 4.40. The average Bonchev–Trinajstić information content (AvgIpc) is 3.11. The summed E-state index contributed by atoms with van der Waals surface area (Å²) in [5, 5.41) is 13.6. The lowest BCUT2D eigenvalue weighted by Crippen LogP contribution is -2.26. The number of hydrogen-bond acceptors (Lipinski definition) is 4. The zero-order chi connectivity index (χ0) is 12.4. The van der Waals surface area contributed by atoms with Crippen LogP contribution in [0.1, 0.15) is 23.2 Å². The predicted molar refractivity (Wildman–Crippen MR) is 60.1 cm³/mol. The summed E-state index contributed by atoms with van der Waals surface area (Å²) < 4.78 is 4.99. The molecule has 1 aliphatic carbocycles. The molecule has 0 aliphatic heterocycles. The van der Waals surface area contributed by atoms with E-state index in [9.17, 15) is 14.9 Å². The summed E-state index contributed by atoms with van der Waals surface area (Å²) in [4.78, 5) is 22.2. The van der Waals surface area contributed by atoms with Gasteiger partial charge >= 0.3 is 0 Å². The minimum atomic E-state index is -0.579. The van der Waals surface area contributed by atoms with Crippen molar-refractivity contribution in [1.29, 1.82) is 0 Å². The molecule has 1 aromatic carbocycles. The fourth-order valence-corrected chi connectivity index (χ4v) is 1.56. The molecular weight excluding hydrogens is 224 g/mol. The van der Waals surface area contributed by atoms with E-state index in [1.165, 1.54) is 25.3 Å². The fourth-order valence-electron chi connectivity index (χ4n) is 1.56. The van der Waals surface area contributed by atoms with Gasteiger partial charge in [0.2, 0.25) is 0 Å². The van der Waals surface area contributed by atoms with Crippen molar-refractivity contribution in [2.45, 2.75) is 18.9 Å². The van der Waals surface area contributed by atoms with Crippen molar-refractivity contribution in [2.75, 3.05) is 7.11 Å². The molecule has 90 valence electrons. The number of carbonyl (C=O) groups excluding carboxylic acids is 1. The second-order valence-corrected chi connectivity index (χ2v) is 3.86. The van der Waals surface area contributed by atoms with Crippen LogP contribution in [-0.2, 0) is 0 Å². The third kappa shape index (κ3) is 2.35. The Balaban J connectivity index is 2.39. The molecule has 1 amide bonds. The zero-order valence-corrected chi connectivity index (χ0v) is 9.30. The molecule has 0 unspecified atom stereocenters. The van der Waals surface area contributed by atoms with Crippen LogP contribution >= 0.6 is 0 Å². The molecule has 2 rings (SSSR count). The molecule has 1 saturated carbocycles. The summed E-state index contributed by atoms with van der Waals surface area (Å²) >= 11 is 0. The number of ether oxygens (including phenoxy) is 1. The highest BCUT2D eigenvalue weighted by molar-refractivity contribution is 6.01. The molecule has 1 N–H and O–H groups in total. The molecule has 1 fully saturated rings. The summed E-state index contributed by atoms with van der Waals surface area (Å²) in [5.41, 5.74) is -0.241. The molecule has 1 aromatic rings. The molecule has 0 spiro atoms. The first-order chi connectivity index (χ1) is 8.13. The number of nitrogens with one attached hydrogen (secondary N) is 1. The van der Waals surface area contributed by atoms with Gasteiger partial charge in [-0.05, 0) is 18.9 Å². The highest BCUT2D eigenvalue weighted by Crippen LogP contribution is 2.29. The number of amides is 1. The van der Waals surface area contributed by atoms with Crippen molar-refractivity contribution in [3.8, 4) is 5.75 Å². The maximum absolute atomic E-state index is 11.9. The summed E-state index contributed by atoms with van der Waals surface area (Å²) in [5.74, 6) is -0.228. The Morgan fingerprint density at radius 3 is 2.76 bits per heavy atom. The summed E-state index contributed by atoms with van der Waals surface area (Å²) in [6.45, 7) is 0. The largest absolute Gasteiger partial charge is 0.496 e. The summed E-state index contributed by atoms with van der Waals surface area (Å²) in [7, 11) is 1.38. The average molecular weight is 236 g/mol. The van der Waals surface area contributed by atoms with Crippen molar-refractivity contribution in [3.05, 3.63) is 33.9 Å². The Labute approximate surface area is 97.7 Å². The highest BCUT2D eigenvalue weighted by Gasteiger charge is 2.29. The molecule has 0 aromatic heterocycles. The normalized spacial score (nSPS) is 14.2. The van der Waals surface area contributed by atoms with E-state index in [0.717, 1.165) is 12.8 Å². The molecule has 0 radical (unpaired) electrons. The van der Waals surface area contributed by atoms with E-state index >= 15 is 0 Å². The van der Waals surface area contributed by atoms with Gasteiger partial charge in [-0.1, -0.05) is 6.07 Å². The number of nitro benzene ring substituents is 1. The van der Waals surface area contributed by atoms with Gasteiger partial charge in [-0.3, -0.25) is 14.9 Å². The Bertz CT molecular complexity index is 469. The predicted octanol–water partition coefficient (Wildman–Crippen LogP) is 1.50. The summed E-state index contributed by atoms with van der Waals surface area (Å²) in [6.07, 6.45) is 1.85. The molecule has 1 aliphatic rings. The minimum Gasteiger partial charge on any atom is -0.496 e. The summed E-state index contributed by atoms with van der Waals surface area (Å²) in [6, 6.07) is 4.47. The van der Waals surface area contributed by atoms with Gasteiger partial charge in [0.15, 0.2) is 5.56 Å². The Morgan fingerprint density at radius 2 is 2.24 bits per heavy atom. The molecule has 6 nitrogen and oxygen atoms in total. The van der Waals surface area contributed by atoms with Crippen LogP contribution in [0.3, 0.4) is 0 Å². The maximum Gasteiger partial charge on any atom is 0.285 e. The Hall–Kier alpha value is -2.11. The van der Waals surface area contributed by atoms with E-state index in [4.69, 9.17) is 4.74 Å². The zero-order valence-electron chi connectivity index (χ0n) is 9.30.